The molecule has 2 aromatic rings. The van der Waals surface area contributed by atoms with Crippen molar-refractivity contribution in [2.45, 2.75) is 50.9 Å². The molecular formula is C22H26N4O2S. The highest BCUT2D eigenvalue weighted by molar-refractivity contribution is 7.15. The average Bonchev–Trinajstić information content (AvgIpc) is 3.15. The molecule has 152 valence electrons. The number of carbonyl (C=O) groups excluding carboxylic acids is 2. The van der Waals surface area contributed by atoms with Crippen molar-refractivity contribution in [3.05, 3.63) is 40.4 Å². The number of rotatable bonds is 5. The molecule has 29 heavy (non-hydrogen) atoms. The SMILES string of the molecule is Cc1ccc(C(=O)NCC(=O)Nc2nnc(C34CC5CC(CC(C5)C3)C4)s2)cc1. The number of anilines is 1. The van der Waals surface area contributed by atoms with Gasteiger partial charge in [0.15, 0.2) is 0 Å². The molecule has 6 nitrogen and oxygen atoms in total. The molecule has 4 saturated carbocycles. The van der Waals surface area contributed by atoms with Gasteiger partial charge in [-0.3, -0.25) is 14.9 Å². The number of hydrogen-bond donors (Lipinski definition) is 2. The Morgan fingerprint density at radius 1 is 1.03 bits per heavy atom. The summed E-state index contributed by atoms with van der Waals surface area (Å²) in [7, 11) is 0. The molecule has 0 unspecified atom stereocenters. The first-order chi connectivity index (χ1) is 14.0. The molecule has 7 heteroatoms. The number of nitrogens with zero attached hydrogens (tertiary/aromatic N) is 2. The van der Waals surface area contributed by atoms with E-state index in [9.17, 15) is 9.59 Å². The molecule has 4 aliphatic carbocycles. The third-order valence-electron chi connectivity index (χ3n) is 6.89. The highest BCUT2D eigenvalue weighted by Crippen LogP contribution is 2.61. The van der Waals surface area contributed by atoms with Crippen LogP contribution in [-0.4, -0.2) is 28.6 Å². The van der Waals surface area contributed by atoms with E-state index in [1.165, 1.54) is 49.9 Å². The van der Waals surface area contributed by atoms with Crippen molar-refractivity contribution in [2.24, 2.45) is 17.8 Å². The van der Waals surface area contributed by atoms with E-state index in [0.717, 1.165) is 28.3 Å². The van der Waals surface area contributed by atoms with Crippen LogP contribution in [0.1, 0.15) is 59.5 Å². The van der Waals surface area contributed by atoms with Gasteiger partial charge < -0.3 is 5.32 Å². The van der Waals surface area contributed by atoms with Crippen LogP contribution in [0.25, 0.3) is 0 Å². The number of aryl methyl sites for hydroxylation is 1. The van der Waals surface area contributed by atoms with Gasteiger partial charge in [-0.1, -0.05) is 29.0 Å². The molecule has 1 heterocycles. The Morgan fingerprint density at radius 3 is 2.28 bits per heavy atom. The number of amides is 2. The molecule has 4 bridgehead atoms. The van der Waals surface area contributed by atoms with Gasteiger partial charge in [0.05, 0.1) is 6.54 Å². The van der Waals surface area contributed by atoms with E-state index in [0.29, 0.717) is 10.7 Å². The molecule has 4 aliphatic rings. The van der Waals surface area contributed by atoms with Crippen LogP contribution in [0, 0.1) is 24.7 Å². The smallest absolute Gasteiger partial charge is 0.251 e. The zero-order valence-corrected chi connectivity index (χ0v) is 17.4. The normalized spacial score (nSPS) is 29.6. The largest absolute Gasteiger partial charge is 0.343 e. The molecule has 0 saturated heterocycles. The summed E-state index contributed by atoms with van der Waals surface area (Å²) in [5.74, 6) is 2.01. The first kappa shape index (κ1) is 18.7. The second-order valence-electron chi connectivity index (χ2n) is 9.21. The van der Waals surface area contributed by atoms with Gasteiger partial charge in [0.25, 0.3) is 5.91 Å². The third-order valence-corrected chi connectivity index (χ3v) is 7.97. The lowest BCUT2D eigenvalue weighted by atomic mass is 9.50. The van der Waals surface area contributed by atoms with Crippen molar-refractivity contribution in [1.29, 1.82) is 0 Å². The summed E-state index contributed by atoms with van der Waals surface area (Å²) in [4.78, 5) is 24.4. The molecule has 4 fully saturated rings. The van der Waals surface area contributed by atoms with E-state index in [2.05, 4.69) is 20.8 Å². The summed E-state index contributed by atoms with van der Waals surface area (Å²) < 4.78 is 0. The van der Waals surface area contributed by atoms with Crippen LogP contribution in [0.3, 0.4) is 0 Å². The van der Waals surface area contributed by atoms with Crippen molar-refractivity contribution < 1.29 is 9.59 Å². The summed E-state index contributed by atoms with van der Waals surface area (Å²) in [6.07, 6.45) is 7.86. The first-order valence-corrected chi connectivity index (χ1v) is 11.3. The fourth-order valence-corrected chi connectivity index (χ4v) is 6.97. The number of benzene rings is 1. The molecule has 1 aromatic heterocycles. The first-order valence-electron chi connectivity index (χ1n) is 10.5. The summed E-state index contributed by atoms with van der Waals surface area (Å²) in [5, 5.41) is 15.8. The van der Waals surface area contributed by atoms with Crippen LogP contribution in [-0.2, 0) is 10.2 Å². The summed E-state index contributed by atoms with van der Waals surface area (Å²) in [5.41, 5.74) is 1.82. The lowest BCUT2D eigenvalue weighted by Crippen LogP contribution is -2.48. The molecular weight excluding hydrogens is 384 g/mol. The highest BCUT2D eigenvalue weighted by Gasteiger charge is 2.53. The van der Waals surface area contributed by atoms with Crippen LogP contribution < -0.4 is 10.6 Å². The van der Waals surface area contributed by atoms with E-state index >= 15 is 0 Å². The van der Waals surface area contributed by atoms with Crippen LogP contribution in [0.15, 0.2) is 24.3 Å². The van der Waals surface area contributed by atoms with Gasteiger partial charge in [0.2, 0.25) is 11.0 Å². The van der Waals surface area contributed by atoms with Crippen LogP contribution in [0.4, 0.5) is 5.13 Å². The predicted molar refractivity (Wildman–Crippen MR) is 112 cm³/mol. The van der Waals surface area contributed by atoms with Crippen molar-refractivity contribution >= 4 is 28.3 Å². The van der Waals surface area contributed by atoms with Gasteiger partial charge in [-0.2, -0.15) is 0 Å². The zero-order chi connectivity index (χ0) is 20.0. The molecule has 0 spiro atoms. The Labute approximate surface area is 174 Å². The second-order valence-corrected chi connectivity index (χ2v) is 10.2. The minimum absolute atomic E-state index is 0.0843. The Morgan fingerprint density at radius 2 is 1.66 bits per heavy atom. The highest BCUT2D eigenvalue weighted by atomic mass is 32.1. The maximum Gasteiger partial charge on any atom is 0.251 e. The molecule has 6 rings (SSSR count). The fourth-order valence-electron chi connectivity index (χ4n) is 5.99. The van der Waals surface area contributed by atoms with E-state index in [1.54, 1.807) is 12.1 Å². The summed E-state index contributed by atoms with van der Waals surface area (Å²) >= 11 is 1.52. The Bertz CT molecular complexity index is 901. The maximum absolute atomic E-state index is 12.3. The number of aromatic nitrogens is 2. The fraction of sp³-hybridized carbons (Fsp3) is 0.545. The van der Waals surface area contributed by atoms with Gasteiger partial charge in [-0.15, -0.1) is 10.2 Å². The quantitative estimate of drug-likeness (QED) is 0.787. The molecule has 1 aromatic carbocycles. The van der Waals surface area contributed by atoms with E-state index in [-0.39, 0.29) is 23.8 Å². The van der Waals surface area contributed by atoms with E-state index in [1.807, 2.05) is 19.1 Å². The zero-order valence-electron chi connectivity index (χ0n) is 16.6. The molecule has 2 N–H and O–H groups in total. The van der Waals surface area contributed by atoms with Gasteiger partial charge in [-0.05, 0) is 75.3 Å². The Balaban J connectivity index is 1.19. The third kappa shape index (κ3) is 3.68. The van der Waals surface area contributed by atoms with Crippen LogP contribution in [0.5, 0.6) is 0 Å². The number of hydrogen-bond acceptors (Lipinski definition) is 5. The maximum atomic E-state index is 12.3. The van der Waals surface area contributed by atoms with E-state index in [4.69, 9.17) is 0 Å². The minimum atomic E-state index is -0.279. The van der Waals surface area contributed by atoms with Gasteiger partial charge in [0.1, 0.15) is 5.01 Å². The number of carbonyl (C=O) groups is 2. The molecule has 2 amide bonds. The lowest BCUT2D eigenvalue weighted by molar-refractivity contribution is -0.115. The van der Waals surface area contributed by atoms with Gasteiger partial charge in [-0.25, -0.2) is 0 Å². The van der Waals surface area contributed by atoms with Gasteiger partial charge >= 0.3 is 0 Å². The van der Waals surface area contributed by atoms with Crippen molar-refractivity contribution in [1.82, 2.24) is 15.5 Å². The average molecular weight is 411 g/mol. The predicted octanol–water partition coefficient (Wildman–Crippen LogP) is 3.68. The van der Waals surface area contributed by atoms with E-state index < -0.39 is 0 Å². The minimum Gasteiger partial charge on any atom is -0.343 e. The van der Waals surface area contributed by atoms with Gasteiger partial charge in [0, 0.05) is 11.0 Å². The van der Waals surface area contributed by atoms with Crippen molar-refractivity contribution in [2.75, 3.05) is 11.9 Å². The molecule has 0 radical (unpaired) electrons. The Hall–Kier alpha value is -2.28. The van der Waals surface area contributed by atoms with Crippen molar-refractivity contribution in [3.8, 4) is 0 Å². The topological polar surface area (TPSA) is 84.0 Å². The van der Waals surface area contributed by atoms with Crippen LogP contribution in [0.2, 0.25) is 0 Å². The summed E-state index contributed by atoms with van der Waals surface area (Å²) in [6, 6.07) is 7.26. The Kier molecular flexibility index (Phi) is 4.65. The van der Waals surface area contributed by atoms with Crippen LogP contribution >= 0.6 is 11.3 Å². The molecule has 0 aliphatic heterocycles. The number of nitrogens with one attached hydrogen (secondary N) is 2. The second kappa shape index (κ2) is 7.20. The monoisotopic (exact) mass is 410 g/mol. The summed E-state index contributed by atoms with van der Waals surface area (Å²) in [6.45, 7) is 1.88. The lowest BCUT2D eigenvalue weighted by Gasteiger charge is -2.55. The standard InChI is InChI=1S/C22H26N4O2S/c1-13-2-4-17(5-3-13)19(28)23-12-18(27)24-21-26-25-20(29-21)22-9-14-6-15(10-22)8-16(7-14)11-22/h2-5,14-16H,6-12H2,1H3,(H,23,28)(H,24,26,27). The molecule has 0 atom stereocenters. The van der Waals surface area contributed by atoms with Crippen molar-refractivity contribution in [3.63, 3.8) is 0 Å².